The Morgan fingerprint density at radius 1 is 1.30 bits per heavy atom. The highest BCUT2D eigenvalue weighted by molar-refractivity contribution is 5.77. The number of aliphatic imine (C=N–C) groups is 1. The summed E-state index contributed by atoms with van der Waals surface area (Å²) in [5.41, 5.74) is 6.35. The molecule has 0 heterocycles. The van der Waals surface area contributed by atoms with Crippen LogP contribution >= 0.6 is 0 Å². The van der Waals surface area contributed by atoms with Gasteiger partial charge in [-0.15, -0.1) is 0 Å². The van der Waals surface area contributed by atoms with Crippen molar-refractivity contribution >= 4 is 5.96 Å². The zero-order valence-electron chi connectivity index (χ0n) is 13.0. The molecule has 0 aromatic heterocycles. The van der Waals surface area contributed by atoms with Crippen molar-refractivity contribution < 1.29 is 4.74 Å². The molecule has 0 aliphatic heterocycles. The fourth-order valence-corrected chi connectivity index (χ4v) is 3.30. The molecule has 2 rings (SSSR count). The van der Waals surface area contributed by atoms with E-state index in [0.717, 1.165) is 38.6 Å². The third-order valence-corrected chi connectivity index (χ3v) is 5.03. The number of hydrogen-bond acceptors (Lipinski definition) is 2. The molecule has 2 aliphatic carbocycles. The van der Waals surface area contributed by atoms with Crippen LogP contribution in [0.15, 0.2) is 4.99 Å². The molecule has 2 fully saturated rings. The zero-order valence-corrected chi connectivity index (χ0v) is 13.0. The lowest BCUT2D eigenvalue weighted by atomic mass is 9.83. The van der Waals surface area contributed by atoms with E-state index in [1.807, 2.05) is 0 Å². The summed E-state index contributed by atoms with van der Waals surface area (Å²) in [6, 6.07) is 0. The minimum atomic E-state index is 0.345. The molecule has 0 saturated heterocycles. The van der Waals surface area contributed by atoms with E-state index in [-0.39, 0.29) is 0 Å². The summed E-state index contributed by atoms with van der Waals surface area (Å²) < 4.78 is 5.53. The van der Waals surface area contributed by atoms with E-state index in [4.69, 9.17) is 10.5 Å². The Bertz CT molecular complexity index is 307. The molecule has 116 valence electrons. The SMILES string of the molecule is CCOCCC1(CN=C(N)NCC2CCC2)CCCC1. The summed E-state index contributed by atoms with van der Waals surface area (Å²) in [6.45, 7) is 5.60. The van der Waals surface area contributed by atoms with E-state index in [9.17, 15) is 0 Å². The predicted molar refractivity (Wildman–Crippen MR) is 83.8 cm³/mol. The van der Waals surface area contributed by atoms with Gasteiger partial charge in [0.25, 0.3) is 0 Å². The average molecular weight is 281 g/mol. The molecule has 0 amide bonds. The average Bonchev–Trinajstić information content (AvgIpc) is 2.84. The Hall–Kier alpha value is -0.770. The number of nitrogens with one attached hydrogen (secondary N) is 1. The van der Waals surface area contributed by atoms with Crippen LogP contribution in [-0.2, 0) is 4.74 Å². The molecule has 0 unspecified atom stereocenters. The first-order chi connectivity index (χ1) is 9.74. The molecular weight excluding hydrogens is 250 g/mol. The van der Waals surface area contributed by atoms with Crippen molar-refractivity contribution in [1.29, 1.82) is 0 Å². The molecule has 0 bridgehead atoms. The highest BCUT2D eigenvalue weighted by Gasteiger charge is 2.33. The predicted octanol–water partition coefficient (Wildman–Crippen LogP) is 2.68. The van der Waals surface area contributed by atoms with Crippen LogP contribution in [0, 0.1) is 11.3 Å². The minimum absolute atomic E-state index is 0.345. The van der Waals surface area contributed by atoms with Crippen molar-refractivity contribution in [2.45, 2.75) is 58.3 Å². The first-order valence-electron chi connectivity index (χ1n) is 8.36. The van der Waals surface area contributed by atoms with E-state index in [0.29, 0.717) is 11.4 Å². The number of rotatable bonds is 8. The fourth-order valence-electron chi connectivity index (χ4n) is 3.30. The number of hydrogen-bond donors (Lipinski definition) is 2. The van der Waals surface area contributed by atoms with Crippen LogP contribution in [0.3, 0.4) is 0 Å². The Kier molecular flexibility index (Phi) is 6.14. The van der Waals surface area contributed by atoms with E-state index < -0.39 is 0 Å². The van der Waals surface area contributed by atoms with Crippen molar-refractivity contribution in [1.82, 2.24) is 5.32 Å². The number of guanidine groups is 1. The van der Waals surface area contributed by atoms with Crippen LogP contribution in [0.4, 0.5) is 0 Å². The molecule has 0 aromatic rings. The first kappa shape index (κ1) is 15.6. The van der Waals surface area contributed by atoms with Crippen molar-refractivity contribution in [3.8, 4) is 0 Å². The summed E-state index contributed by atoms with van der Waals surface area (Å²) in [4.78, 5) is 4.62. The largest absolute Gasteiger partial charge is 0.382 e. The fraction of sp³-hybridized carbons (Fsp3) is 0.938. The van der Waals surface area contributed by atoms with Crippen LogP contribution < -0.4 is 11.1 Å². The summed E-state index contributed by atoms with van der Waals surface area (Å²) in [5, 5.41) is 3.29. The third kappa shape index (κ3) is 4.65. The van der Waals surface area contributed by atoms with Gasteiger partial charge in [0, 0.05) is 26.3 Å². The highest BCUT2D eigenvalue weighted by atomic mass is 16.5. The van der Waals surface area contributed by atoms with Gasteiger partial charge in [0.05, 0.1) is 0 Å². The Morgan fingerprint density at radius 2 is 2.05 bits per heavy atom. The molecule has 4 heteroatoms. The molecule has 4 nitrogen and oxygen atoms in total. The zero-order chi connectivity index (χ0) is 14.3. The van der Waals surface area contributed by atoms with E-state index in [1.54, 1.807) is 0 Å². The lowest BCUT2D eigenvalue weighted by Crippen LogP contribution is -2.38. The molecule has 20 heavy (non-hydrogen) atoms. The van der Waals surface area contributed by atoms with Crippen LogP contribution in [0.5, 0.6) is 0 Å². The van der Waals surface area contributed by atoms with Crippen molar-refractivity contribution in [3.63, 3.8) is 0 Å². The number of nitrogens with zero attached hydrogens (tertiary/aromatic N) is 1. The third-order valence-electron chi connectivity index (χ3n) is 5.03. The summed E-state index contributed by atoms with van der Waals surface area (Å²) >= 11 is 0. The summed E-state index contributed by atoms with van der Waals surface area (Å²) in [5.74, 6) is 1.46. The maximum atomic E-state index is 6.00. The second kappa shape index (κ2) is 7.87. The Labute approximate surface area is 123 Å². The van der Waals surface area contributed by atoms with Gasteiger partial charge in [-0.25, -0.2) is 0 Å². The number of ether oxygens (including phenoxy) is 1. The highest BCUT2D eigenvalue weighted by Crippen LogP contribution is 2.41. The summed E-state index contributed by atoms with van der Waals surface area (Å²) in [7, 11) is 0. The monoisotopic (exact) mass is 281 g/mol. The molecule has 2 aliphatic rings. The first-order valence-corrected chi connectivity index (χ1v) is 8.36. The van der Waals surface area contributed by atoms with Crippen LogP contribution in [-0.4, -0.2) is 32.3 Å². The maximum absolute atomic E-state index is 6.00. The van der Waals surface area contributed by atoms with Crippen molar-refractivity contribution in [2.75, 3.05) is 26.3 Å². The Balaban J connectivity index is 1.74. The lowest BCUT2D eigenvalue weighted by molar-refractivity contribution is 0.107. The molecular formula is C16H31N3O. The van der Waals surface area contributed by atoms with Gasteiger partial charge in [0.1, 0.15) is 0 Å². The van der Waals surface area contributed by atoms with E-state index in [1.165, 1.54) is 44.9 Å². The van der Waals surface area contributed by atoms with Gasteiger partial charge < -0.3 is 15.8 Å². The van der Waals surface area contributed by atoms with E-state index >= 15 is 0 Å². The second-order valence-corrected chi connectivity index (χ2v) is 6.53. The van der Waals surface area contributed by atoms with Crippen molar-refractivity contribution in [2.24, 2.45) is 22.1 Å². The maximum Gasteiger partial charge on any atom is 0.188 e. The van der Waals surface area contributed by atoms with Crippen molar-refractivity contribution in [3.05, 3.63) is 0 Å². The van der Waals surface area contributed by atoms with Gasteiger partial charge in [-0.1, -0.05) is 19.3 Å². The quantitative estimate of drug-likeness (QED) is 0.408. The van der Waals surface area contributed by atoms with Gasteiger partial charge in [0.2, 0.25) is 0 Å². The van der Waals surface area contributed by atoms with E-state index in [2.05, 4.69) is 17.2 Å². The standard InChI is InChI=1S/C16H31N3O/c1-2-20-11-10-16(8-3-4-9-16)13-19-15(17)18-12-14-6-5-7-14/h14H,2-13H2,1H3,(H3,17,18,19). The molecule has 2 saturated carbocycles. The van der Waals surface area contributed by atoms with Crippen LogP contribution in [0.25, 0.3) is 0 Å². The topological polar surface area (TPSA) is 59.6 Å². The smallest absolute Gasteiger partial charge is 0.188 e. The van der Waals surface area contributed by atoms with Gasteiger partial charge in [-0.2, -0.15) is 0 Å². The lowest BCUT2D eigenvalue weighted by Gasteiger charge is -2.28. The van der Waals surface area contributed by atoms with Gasteiger partial charge in [0.15, 0.2) is 5.96 Å². The van der Waals surface area contributed by atoms with Gasteiger partial charge in [-0.05, 0) is 50.4 Å². The molecule has 0 aromatic carbocycles. The molecule has 0 radical (unpaired) electrons. The normalized spacial score (nSPS) is 22.8. The molecule has 3 N–H and O–H groups in total. The number of nitrogens with two attached hydrogens (primary N) is 1. The van der Waals surface area contributed by atoms with Crippen LogP contribution in [0.2, 0.25) is 0 Å². The van der Waals surface area contributed by atoms with Gasteiger partial charge in [-0.3, -0.25) is 4.99 Å². The van der Waals surface area contributed by atoms with Gasteiger partial charge >= 0.3 is 0 Å². The molecule has 0 atom stereocenters. The minimum Gasteiger partial charge on any atom is -0.382 e. The second-order valence-electron chi connectivity index (χ2n) is 6.53. The summed E-state index contributed by atoms with van der Waals surface area (Å²) in [6.07, 6.45) is 10.4. The molecule has 0 spiro atoms. The Morgan fingerprint density at radius 3 is 2.65 bits per heavy atom. The van der Waals surface area contributed by atoms with Crippen LogP contribution in [0.1, 0.15) is 58.3 Å².